The van der Waals surface area contributed by atoms with Crippen molar-refractivity contribution >= 4 is 12.2 Å². The molecule has 22 heavy (non-hydrogen) atoms. The van der Waals surface area contributed by atoms with Crippen molar-refractivity contribution in [3.63, 3.8) is 0 Å². The Morgan fingerprint density at radius 2 is 1.41 bits per heavy atom. The predicted octanol–water partition coefficient (Wildman–Crippen LogP) is 4.45. The third-order valence-corrected chi connectivity index (χ3v) is 2.73. The van der Waals surface area contributed by atoms with Gasteiger partial charge in [-0.25, -0.2) is 9.59 Å². The van der Waals surface area contributed by atoms with E-state index >= 15 is 0 Å². The first-order valence-electron chi connectivity index (χ1n) is 6.52. The number of nitrogens with zero attached hydrogens (tertiary/aromatic N) is 2. The fourth-order valence-corrected chi connectivity index (χ4v) is 1.59. The molecule has 0 radical (unpaired) electrons. The van der Waals surface area contributed by atoms with Gasteiger partial charge in [-0.15, -0.1) is 0 Å². The van der Waals surface area contributed by atoms with Crippen LogP contribution in [0.15, 0.2) is 58.8 Å². The third kappa shape index (κ3) is 4.52. The van der Waals surface area contributed by atoms with Gasteiger partial charge < -0.3 is 9.47 Å². The van der Waals surface area contributed by atoms with Crippen LogP contribution < -0.4 is 9.47 Å². The first-order valence-corrected chi connectivity index (χ1v) is 6.52. The van der Waals surface area contributed by atoms with Gasteiger partial charge in [-0.05, 0) is 37.6 Å². The summed E-state index contributed by atoms with van der Waals surface area (Å²) in [7, 11) is 0. The summed E-state index contributed by atoms with van der Waals surface area (Å²) in [6, 6.07) is 13.7. The molecule has 0 aliphatic rings. The SMILES string of the molecule is Cc1ccc(OC(=O)N=NC(=O)Oc2ccccc2C)cc1. The topological polar surface area (TPSA) is 77.3 Å². The van der Waals surface area contributed by atoms with Crippen LogP contribution in [0.3, 0.4) is 0 Å². The summed E-state index contributed by atoms with van der Waals surface area (Å²) in [6.45, 7) is 3.69. The average molecular weight is 298 g/mol. The lowest BCUT2D eigenvalue weighted by atomic mass is 10.2. The van der Waals surface area contributed by atoms with Gasteiger partial charge in [0, 0.05) is 0 Å². The summed E-state index contributed by atoms with van der Waals surface area (Å²) in [4.78, 5) is 22.9. The molecule has 2 aromatic rings. The van der Waals surface area contributed by atoms with Gasteiger partial charge in [-0.2, -0.15) is 0 Å². The Balaban J connectivity index is 1.90. The van der Waals surface area contributed by atoms with E-state index in [0.29, 0.717) is 11.5 Å². The molecular formula is C16H14N2O4. The number of carbonyl (C=O) groups excluding carboxylic acids is 2. The van der Waals surface area contributed by atoms with Crippen molar-refractivity contribution in [3.05, 3.63) is 59.7 Å². The Morgan fingerprint density at radius 1 is 0.818 bits per heavy atom. The zero-order valence-electron chi connectivity index (χ0n) is 12.1. The second kappa shape index (κ2) is 7.12. The highest BCUT2D eigenvalue weighted by atomic mass is 16.6. The minimum atomic E-state index is -0.995. The maximum Gasteiger partial charge on any atom is 0.458 e. The van der Waals surface area contributed by atoms with E-state index in [1.807, 2.05) is 13.0 Å². The summed E-state index contributed by atoms with van der Waals surface area (Å²) >= 11 is 0. The van der Waals surface area contributed by atoms with Crippen molar-refractivity contribution in [3.8, 4) is 11.5 Å². The fourth-order valence-electron chi connectivity index (χ4n) is 1.59. The first kappa shape index (κ1) is 15.4. The smallest absolute Gasteiger partial charge is 0.408 e. The molecule has 0 atom stereocenters. The van der Waals surface area contributed by atoms with Crippen LogP contribution in [0.2, 0.25) is 0 Å². The molecule has 6 nitrogen and oxygen atoms in total. The van der Waals surface area contributed by atoms with Gasteiger partial charge in [0.15, 0.2) is 0 Å². The quantitative estimate of drug-likeness (QED) is 0.767. The molecule has 0 heterocycles. The van der Waals surface area contributed by atoms with Gasteiger partial charge in [0.1, 0.15) is 11.5 Å². The van der Waals surface area contributed by atoms with Crippen molar-refractivity contribution in [2.75, 3.05) is 0 Å². The number of carbonyl (C=O) groups is 2. The Morgan fingerprint density at radius 3 is 2.05 bits per heavy atom. The van der Waals surface area contributed by atoms with Gasteiger partial charge >= 0.3 is 12.2 Å². The van der Waals surface area contributed by atoms with Gasteiger partial charge in [-0.1, -0.05) is 46.1 Å². The lowest BCUT2D eigenvalue weighted by molar-refractivity contribution is 0.200. The van der Waals surface area contributed by atoms with E-state index < -0.39 is 12.2 Å². The van der Waals surface area contributed by atoms with Crippen LogP contribution >= 0.6 is 0 Å². The van der Waals surface area contributed by atoms with Crippen molar-refractivity contribution in [2.45, 2.75) is 13.8 Å². The van der Waals surface area contributed by atoms with Crippen molar-refractivity contribution < 1.29 is 19.1 Å². The number of para-hydroxylation sites is 1. The molecule has 0 bridgehead atoms. The van der Waals surface area contributed by atoms with Crippen LogP contribution in [0.4, 0.5) is 9.59 Å². The van der Waals surface area contributed by atoms with Crippen LogP contribution in [-0.2, 0) is 0 Å². The number of hydrogen-bond donors (Lipinski definition) is 0. The number of azo groups is 1. The lowest BCUT2D eigenvalue weighted by Crippen LogP contribution is -2.06. The van der Waals surface area contributed by atoms with Crippen LogP contribution in [0, 0.1) is 13.8 Å². The maximum atomic E-state index is 11.5. The van der Waals surface area contributed by atoms with Crippen LogP contribution in [0.25, 0.3) is 0 Å². The number of amides is 2. The van der Waals surface area contributed by atoms with Crippen LogP contribution in [-0.4, -0.2) is 12.2 Å². The molecule has 0 aliphatic heterocycles. The largest absolute Gasteiger partial charge is 0.458 e. The van der Waals surface area contributed by atoms with Crippen LogP contribution in [0.5, 0.6) is 11.5 Å². The van der Waals surface area contributed by atoms with E-state index in [9.17, 15) is 9.59 Å². The number of rotatable bonds is 2. The normalized spacial score (nSPS) is 10.5. The molecule has 112 valence electrons. The van der Waals surface area contributed by atoms with E-state index in [2.05, 4.69) is 10.2 Å². The Kier molecular flexibility index (Phi) is 4.98. The van der Waals surface area contributed by atoms with Gasteiger partial charge in [0.25, 0.3) is 0 Å². The number of benzene rings is 2. The van der Waals surface area contributed by atoms with E-state index in [0.717, 1.165) is 11.1 Å². The highest BCUT2D eigenvalue weighted by Gasteiger charge is 2.08. The van der Waals surface area contributed by atoms with E-state index in [4.69, 9.17) is 9.47 Å². The third-order valence-electron chi connectivity index (χ3n) is 2.73. The first-order chi connectivity index (χ1) is 10.5. The zero-order valence-corrected chi connectivity index (χ0v) is 12.1. The lowest BCUT2D eigenvalue weighted by Gasteiger charge is -2.03. The van der Waals surface area contributed by atoms with Crippen molar-refractivity contribution in [1.82, 2.24) is 0 Å². The molecule has 2 amide bonds. The van der Waals surface area contributed by atoms with Crippen molar-refractivity contribution in [1.29, 1.82) is 0 Å². The summed E-state index contributed by atoms with van der Waals surface area (Å²) in [6.07, 6.45) is -1.99. The molecule has 0 spiro atoms. The summed E-state index contributed by atoms with van der Waals surface area (Å²) in [5, 5.41) is 6.32. The zero-order chi connectivity index (χ0) is 15.9. The Labute approximate surface area is 127 Å². The minimum Gasteiger partial charge on any atom is -0.408 e. The van der Waals surface area contributed by atoms with Crippen LogP contribution in [0.1, 0.15) is 11.1 Å². The molecule has 0 saturated carbocycles. The van der Waals surface area contributed by atoms with E-state index in [1.54, 1.807) is 49.4 Å². The molecule has 0 aliphatic carbocycles. The number of hydrogen-bond acceptors (Lipinski definition) is 4. The average Bonchev–Trinajstić information content (AvgIpc) is 2.50. The molecule has 2 aromatic carbocycles. The van der Waals surface area contributed by atoms with Gasteiger partial charge in [-0.3, -0.25) is 0 Å². The van der Waals surface area contributed by atoms with Gasteiger partial charge in [0.2, 0.25) is 0 Å². The Bertz CT molecular complexity index is 708. The number of ether oxygens (including phenoxy) is 2. The highest BCUT2D eigenvalue weighted by molar-refractivity contribution is 5.76. The van der Waals surface area contributed by atoms with E-state index in [1.165, 1.54) is 0 Å². The molecule has 6 heteroatoms. The standard InChI is InChI=1S/C16H14N2O4/c1-11-7-9-13(10-8-11)21-15(19)17-18-16(20)22-14-6-4-3-5-12(14)2/h3-10H,1-2H3. The highest BCUT2D eigenvalue weighted by Crippen LogP contribution is 2.17. The fraction of sp³-hybridized carbons (Fsp3) is 0.125. The molecule has 0 saturated heterocycles. The molecule has 2 rings (SSSR count). The predicted molar refractivity (Wildman–Crippen MR) is 79.3 cm³/mol. The molecule has 0 fully saturated rings. The molecular weight excluding hydrogens is 284 g/mol. The van der Waals surface area contributed by atoms with E-state index in [-0.39, 0.29) is 0 Å². The summed E-state index contributed by atoms with van der Waals surface area (Å²) < 4.78 is 9.84. The molecule has 0 N–H and O–H groups in total. The number of aryl methyl sites for hydroxylation is 2. The summed E-state index contributed by atoms with van der Waals surface area (Å²) in [5.74, 6) is 0.681. The minimum absolute atomic E-state index is 0.321. The second-order valence-electron chi connectivity index (χ2n) is 4.51. The maximum absolute atomic E-state index is 11.5. The monoisotopic (exact) mass is 298 g/mol. The second-order valence-corrected chi connectivity index (χ2v) is 4.51. The Hall–Kier alpha value is -3.02. The molecule has 0 unspecified atom stereocenters. The summed E-state index contributed by atoms with van der Waals surface area (Å²) in [5.41, 5.74) is 1.80. The molecule has 0 aromatic heterocycles. The van der Waals surface area contributed by atoms with Gasteiger partial charge in [0.05, 0.1) is 0 Å². The van der Waals surface area contributed by atoms with Crippen molar-refractivity contribution in [2.24, 2.45) is 10.2 Å².